The molecule has 16 heavy (non-hydrogen) atoms. The van der Waals surface area contributed by atoms with Crippen molar-refractivity contribution in [1.82, 2.24) is 4.98 Å². The van der Waals surface area contributed by atoms with Crippen LogP contribution in [-0.4, -0.2) is 36.3 Å². The number of amides is 1. The van der Waals surface area contributed by atoms with Gasteiger partial charge in [-0.3, -0.25) is 4.79 Å². The molecule has 5 heteroatoms. The minimum Gasteiger partial charge on any atom is -0.480 e. The van der Waals surface area contributed by atoms with Crippen LogP contribution in [0.3, 0.4) is 0 Å². The molecular formula is C11H14N2O3. The second-order valence-corrected chi connectivity index (χ2v) is 3.79. The van der Waals surface area contributed by atoms with Crippen LogP contribution in [0.1, 0.15) is 6.42 Å². The lowest BCUT2D eigenvalue weighted by atomic mass is 10.1. The number of aliphatic hydroxyl groups excluding tert-OH is 1. The predicted molar refractivity (Wildman–Crippen MR) is 58.3 cm³/mol. The lowest BCUT2D eigenvalue weighted by Crippen LogP contribution is -2.25. The lowest BCUT2D eigenvalue weighted by molar-refractivity contribution is -0.117. The van der Waals surface area contributed by atoms with Crippen LogP contribution in [0, 0.1) is 5.92 Å². The summed E-state index contributed by atoms with van der Waals surface area (Å²) in [5, 5.41) is 9.05. The molecule has 0 aromatic carbocycles. The molecule has 2 rings (SSSR count). The summed E-state index contributed by atoms with van der Waals surface area (Å²) >= 11 is 0. The number of ether oxygens (including phenoxy) is 1. The molecule has 86 valence electrons. The predicted octanol–water partition coefficient (Wildman–Crippen LogP) is 0.435. The van der Waals surface area contributed by atoms with E-state index in [2.05, 4.69) is 4.98 Å². The zero-order valence-electron chi connectivity index (χ0n) is 9.09. The summed E-state index contributed by atoms with van der Waals surface area (Å²) < 4.78 is 5.11. The van der Waals surface area contributed by atoms with Crippen LogP contribution in [0.4, 0.5) is 5.69 Å². The number of anilines is 1. The van der Waals surface area contributed by atoms with Crippen molar-refractivity contribution in [3.05, 3.63) is 18.3 Å². The first kappa shape index (κ1) is 10.9. The summed E-state index contributed by atoms with van der Waals surface area (Å²) in [6, 6.07) is 3.56. The molecule has 1 saturated heterocycles. The average molecular weight is 222 g/mol. The molecule has 5 nitrogen and oxygen atoms in total. The highest BCUT2D eigenvalue weighted by atomic mass is 16.5. The van der Waals surface area contributed by atoms with E-state index in [0.717, 1.165) is 0 Å². The fourth-order valence-corrected chi connectivity index (χ4v) is 1.88. The third-order valence-corrected chi connectivity index (χ3v) is 2.70. The van der Waals surface area contributed by atoms with E-state index in [1.807, 2.05) is 0 Å². The summed E-state index contributed by atoms with van der Waals surface area (Å²) in [7, 11) is 1.52. The highest BCUT2D eigenvalue weighted by Gasteiger charge is 2.31. The normalized spacial score (nSPS) is 20.2. The summed E-state index contributed by atoms with van der Waals surface area (Å²) in [4.78, 5) is 17.4. The Morgan fingerprint density at radius 2 is 2.50 bits per heavy atom. The summed E-state index contributed by atoms with van der Waals surface area (Å²) in [6.07, 6.45) is 2.00. The minimum absolute atomic E-state index is 0.00495. The van der Waals surface area contributed by atoms with Crippen molar-refractivity contribution in [2.75, 3.05) is 25.2 Å². The quantitative estimate of drug-likeness (QED) is 0.805. The second kappa shape index (κ2) is 4.49. The van der Waals surface area contributed by atoms with Gasteiger partial charge >= 0.3 is 0 Å². The van der Waals surface area contributed by atoms with Crippen LogP contribution in [0.25, 0.3) is 0 Å². The van der Waals surface area contributed by atoms with Gasteiger partial charge in [0.05, 0.1) is 7.11 Å². The van der Waals surface area contributed by atoms with E-state index in [1.54, 1.807) is 23.2 Å². The molecule has 1 aromatic heterocycles. The molecule has 1 aromatic rings. The van der Waals surface area contributed by atoms with Gasteiger partial charge in [0.25, 0.3) is 0 Å². The number of carbonyl (C=O) groups is 1. The number of methoxy groups -OCH3 is 1. The number of aliphatic hydroxyl groups is 1. The molecular weight excluding hydrogens is 208 g/mol. The van der Waals surface area contributed by atoms with Crippen molar-refractivity contribution in [3.8, 4) is 5.88 Å². The Balaban J connectivity index is 2.27. The van der Waals surface area contributed by atoms with Crippen molar-refractivity contribution in [2.24, 2.45) is 5.92 Å². The van der Waals surface area contributed by atoms with Crippen LogP contribution in [-0.2, 0) is 4.79 Å². The highest BCUT2D eigenvalue weighted by Crippen LogP contribution is 2.30. The number of rotatable bonds is 3. The number of carbonyl (C=O) groups excluding carboxylic acids is 1. The van der Waals surface area contributed by atoms with Gasteiger partial charge in [-0.15, -0.1) is 0 Å². The van der Waals surface area contributed by atoms with Crippen molar-refractivity contribution >= 4 is 11.6 Å². The number of pyridine rings is 1. The maximum absolute atomic E-state index is 11.7. The topological polar surface area (TPSA) is 62.7 Å². The number of hydrogen-bond donors (Lipinski definition) is 1. The van der Waals surface area contributed by atoms with Crippen LogP contribution >= 0.6 is 0 Å². The Hall–Kier alpha value is -1.62. The number of nitrogens with zero attached hydrogens (tertiary/aromatic N) is 2. The first-order valence-corrected chi connectivity index (χ1v) is 5.16. The SMILES string of the molecule is COc1ncccc1N1CC(CO)CC1=O. The fraction of sp³-hybridized carbons (Fsp3) is 0.455. The molecule has 1 atom stereocenters. The van der Waals surface area contributed by atoms with E-state index in [4.69, 9.17) is 9.84 Å². The van der Waals surface area contributed by atoms with Gasteiger partial charge in [0.1, 0.15) is 5.69 Å². The third kappa shape index (κ3) is 1.86. The molecule has 1 fully saturated rings. The van der Waals surface area contributed by atoms with Crippen molar-refractivity contribution in [2.45, 2.75) is 6.42 Å². The Morgan fingerprint density at radius 1 is 1.69 bits per heavy atom. The maximum atomic E-state index is 11.7. The van der Waals surface area contributed by atoms with Crippen LogP contribution < -0.4 is 9.64 Å². The number of aromatic nitrogens is 1. The molecule has 1 aliphatic heterocycles. The van der Waals surface area contributed by atoms with E-state index >= 15 is 0 Å². The standard InChI is InChI=1S/C11H14N2O3/c1-16-11-9(3-2-4-12-11)13-6-8(7-14)5-10(13)15/h2-4,8,14H,5-7H2,1H3. The smallest absolute Gasteiger partial charge is 0.237 e. The van der Waals surface area contributed by atoms with Gasteiger partial charge in [-0.05, 0) is 12.1 Å². The van der Waals surface area contributed by atoms with Crippen LogP contribution in [0.5, 0.6) is 5.88 Å². The van der Waals surface area contributed by atoms with Crippen molar-refractivity contribution in [1.29, 1.82) is 0 Å². The largest absolute Gasteiger partial charge is 0.480 e. The van der Waals surface area contributed by atoms with Gasteiger partial charge in [0.2, 0.25) is 11.8 Å². The Labute approximate surface area is 93.7 Å². The molecule has 0 radical (unpaired) electrons. The first-order chi connectivity index (χ1) is 7.76. The van der Waals surface area contributed by atoms with Gasteiger partial charge in [0.15, 0.2) is 0 Å². The molecule has 1 N–H and O–H groups in total. The van der Waals surface area contributed by atoms with Crippen molar-refractivity contribution < 1.29 is 14.6 Å². The average Bonchev–Trinajstić information content (AvgIpc) is 2.70. The lowest BCUT2D eigenvalue weighted by Gasteiger charge is -2.18. The Bertz CT molecular complexity index is 395. The Kier molecular flexibility index (Phi) is 3.05. The Morgan fingerprint density at radius 3 is 3.12 bits per heavy atom. The molecule has 0 saturated carbocycles. The van der Waals surface area contributed by atoms with Crippen molar-refractivity contribution in [3.63, 3.8) is 0 Å². The zero-order valence-corrected chi connectivity index (χ0v) is 9.09. The van der Waals surface area contributed by atoms with E-state index in [1.165, 1.54) is 7.11 Å². The van der Waals surface area contributed by atoms with E-state index in [0.29, 0.717) is 24.5 Å². The molecule has 2 heterocycles. The van der Waals surface area contributed by atoms with Gasteiger partial charge in [-0.25, -0.2) is 4.98 Å². The van der Waals surface area contributed by atoms with E-state index in [9.17, 15) is 4.79 Å². The van der Waals surface area contributed by atoms with Crippen LogP contribution in [0.15, 0.2) is 18.3 Å². The third-order valence-electron chi connectivity index (χ3n) is 2.70. The first-order valence-electron chi connectivity index (χ1n) is 5.16. The minimum atomic E-state index is 0.00495. The van der Waals surface area contributed by atoms with E-state index < -0.39 is 0 Å². The van der Waals surface area contributed by atoms with Crippen LogP contribution in [0.2, 0.25) is 0 Å². The molecule has 1 unspecified atom stereocenters. The zero-order chi connectivity index (χ0) is 11.5. The maximum Gasteiger partial charge on any atom is 0.237 e. The van der Waals surface area contributed by atoms with Gasteiger partial charge in [-0.2, -0.15) is 0 Å². The molecule has 1 amide bonds. The van der Waals surface area contributed by atoms with Gasteiger partial charge in [-0.1, -0.05) is 0 Å². The summed E-state index contributed by atoms with van der Waals surface area (Å²) in [5.41, 5.74) is 0.672. The molecule has 1 aliphatic rings. The highest BCUT2D eigenvalue weighted by molar-refractivity contribution is 5.96. The number of hydrogen-bond acceptors (Lipinski definition) is 4. The van der Waals surface area contributed by atoms with E-state index in [-0.39, 0.29) is 18.4 Å². The molecule has 0 bridgehead atoms. The summed E-state index contributed by atoms with van der Waals surface area (Å²) in [6.45, 7) is 0.558. The van der Waals surface area contributed by atoms with Gasteiger partial charge < -0.3 is 14.7 Å². The fourth-order valence-electron chi connectivity index (χ4n) is 1.88. The molecule has 0 aliphatic carbocycles. The summed E-state index contributed by atoms with van der Waals surface area (Å²) in [5.74, 6) is 0.456. The second-order valence-electron chi connectivity index (χ2n) is 3.79. The monoisotopic (exact) mass is 222 g/mol. The molecule has 0 spiro atoms. The van der Waals surface area contributed by atoms with Gasteiger partial charge in [0, 0.05) is 31.7 Å².